The molecule has 5 heteroatoms. The van der Waals surface area contributed by atoms with Crippen LogP contribution in [-0.2, 0) is 6.61 Å². The van der Waals surface area contributed by atoms with Gasteiger partial charge in [0.2, 0.25) is 0 Å². The summed E-state index contributed by atoms with van der Waals surface area (Å²) in [6.07, 6.45) is 0. The number of aromatic carboxylic acids is 1. The van der Waals surface area contributed by atoms with Crippen LogP contribution in [0.1, 0.15) is 21.5 Å². The Morgan fingerprint density at radius 3 is 2.80 bits per heavy atom. The average molecular weight is 292 g/mol. The topological polar surface area (TPSA) is 72.5 Å². The zero-order valence-corrected chi connectivity index (χ0v) is 11.6. The fourth-order valence-electron chi connectivity index (χ4n) is 1.88. The van der Waals surface area contributed by atoms with Gasteiger partial charge in [0.15, 0.2) is 0 Å². The summed E-state index contributed by atoms with van der Waals surface area (Å²) in [5.41, 5.74) is 7.48. The molecule has 0 atom stereocenters. The summed E-state index contributed by atoms with van der Waals surface area (Å²) in [4.78, 5) is 11.2. The maximum atomic E-state index is 11.2. The lowest BCUT2D eigenvalue weighted by molar-refractivity contribution is 0.0695. The summed E-state index contributed by atoms with van der Waals surface area (Å²) in [7, 11) is 0. The molecule has 0 heterocycles. The number of anilines is 1. The normalized spacial score (nSPS) is 10.3. The van der Waals surface area contributed by atoms with Gasteiger partial charge in [0.05, 0.1) is 10.6 Å². The van der Waals surface area contributed by atoms with Crippen LogP contribution in [0.2, 0.25) is 5.02 Å². The van der Waals surface area contributed by atoms with E-state index in [2.05, 4.69) is 0 Å². The molecule has 0 saturated heterocycles. The largest absolute Gasteiger partial charge is 0.487 e. The summed E-state index contributed by atoms with van der Waals surface area (Å²) in [5, 5.41) is 9.66. The van der Waals surface area contributed by atoms with E-state index in [9.17, 15) is 9.90 Å². The Morgan fingerprint density at radius 2 is 2.10 bits per heavy atom. The Hall–Kier alpha value is -2.20. The Balaban J connectivity index is 2.25. The number of ether oxygens (including phenoxy) is 1. The minimum Gasteiger partial charge on any atom is -0.487 e. The van der Waals surface area contributed by atoms with Crippen LogP contribution in [0.15, 0.2) is 36.4 Å². The zero-order chi connectivity index (χ0) is 14.7. The van der Waals surface area contributed by atoms with Gasteiger partial charge in [-0.2, -0.15) is 0 Å². The first-order valence-electron chi connectivity index (χ1n) is 5.98. The number of nitrogens with two attached hydrogens (primary N) is 1. The quantitative estimate of drug-likeness (QED) is 0.846. The molecule has 0 aliphatic carbocycles. The van der Waals surface area contributed by atoms with Crippen molar-refractivity contribution in [3.63, 3.8) is 0 Å². The zero-order valence-electron chi connectivity index (χ0n) is 10.9. The van der Waals surface area contributed by atoms with E-state index in [4.69, 9.17) is 22.1 Å². The van der Waals surface area contributed by atoms with Crippen molar-refractivity contribution < 1.29 is 14.6 Å². The summed E-state index contributed by atoms with van der Waals surface area (Å²) in [6, 6.07) is 10.3. The number of nitrogen functional groups attached to an aromatic ring is 1. The second kappa shape index (κ2) is 5.84. The van der Waals surface area contributed by atoms with Crippen LogP contribution >= 0.6 is 11.6 Å². The lowest BCUT2D eigenvalue weighted by Crippen LogP contribution is -2.09. The van der Waals surface area contributed by atoms with Crippen LogP contribution in [0.4, 0.5) is 5.69 Å². The fourth-order valence-corrected chi connectivity index (χ4v) is 2.05. The Morgan fingerprint density at radius 1 is 1.35 bits per heavy atom. The molecule has 0 aliphatic heterocycles. The van der Waals surface area contributed by atoms with Crippen molar-refractivity contribution in [1.29, 1.82) is 0 Å². The van der Waals surface area contributed by atoms with E-state index in [0.717, 1.165) is 5.56 Å². The van der Waals surface area contributed by atoms with Gasteiger partial charge >= 0.3 is 5.97 Å². The lowest BCUT2D eigenvalue weighted by atomic mass is 10.1. The highest BCUT2D eigenvalue weighted by Crippen LogP contribution is 2.27. The molecule has 2 aromatic rings. The van der Waals surface area contributed by atoms with Gasteiger partial charge in [-0.05, 0) is 30.7 Å². The SMILES string of the molecule is Cc1ccc(Cl)c(OCc2cccc(N)c2C(=O)O)c1. The molecule has 2 rings (SSSR count). The number of benzene rings is 2. The second-order valence-corrected chi connectivity index (χ2v) is 4.82. The van der Waals surface area contributed by atoms with Gasteiger partial charge in [0.1, 0.15) is 12.4 Å². The van der Waals surface area contributed by atoms with Crippen molar-refractivity contribution in [1.82, 2.24) is 0 Å². The first-order valence-corrected chi connectivity index (χ1v) is 6.36. The molecule has 20 heavy (non-hydrogen) atoms. The molecular weight excluding hydrogens is 278 g/mol. The maximum absolute atomic E-state index is 11.2. The smallest absolute Gasteiger partial charge is 0.338 e. The van der Waals surface area contributed by atoms with Crippen LogP contribution in [0.5, 0.6) is 5.75 Å². The summed E-state index contributed by atoms with van der Waals surface area (Å²) < 4.78 is 5.60. The molecule has 0 spiro atoms. The number of carboxylic acid groups (broad SMARTS) is 1. The molecule has 0 fully saturated rings. The van der Waals surface area contributed by atoms with Crippen molar-refractivity contribution in [3.05, 3.63) is 58.1 Å². The third-order valence-corrected chi connectivity index (χ3v) is 3.18. The fraction of sp³-hybridized carbons (Fsp3) is 0.133. The second-order valence-electron chi connectivity index (χ2n) is 4.41. The third kappa shape index (κ3) is 3.03. The van der Waals surface area contributed by atoms with Gasteiger partial charge in [0.25, 0.3) is 0 Å². The number of rotatable bonds is 4. The van der Waals surface area contributed by atoms with Gasteiger partial charge in [-0.15, -0.1) is 0 Å². The van der Waals surface area contributed by atoms with Crippen LogP contribution < -0.4 is 10.5 Å². The number of hydrogen-bond acceptors (Lipinski definition) is 3. The molecule has 2 aromatic carbocycles. The minimum absolute atomic E-state index is 0.0660. The Labute approximate surface area is 121 Å². The number of carbonyl (C=O) groups is 1. The molecule has 0 aliphatic rings. The predicted octanol–water partition coefficient (Wildman–Crippen LogP) is 3.51. The predicted molar refractivity (Wildman–Crippen MR) is 78.3 cm³/mol. The molecule has 0 amide bonds. The van der Waals surface area contributed by atoms with Crippen molar-refractivity contribution in [2.75, 3.05) is 5.73 Å². The Kier molecular flexibility index (Phi) is 4.15. The van der Waals surface area contributed by atoms with E-state index < -0.39 is 5.97 Å². The van der Waals surface area contributed by atoms with Gasteiger partial charge in [-0.1, -0.05) is 29.8 Å². The van der Waals surface area contributed by atoms with E-state index in [1.807, 2.05) is 13.0 Å². The molecule has 0 aromatic heterocycles. The van der Waals surface area contributed by atoms with Crippen molar-refractivity contribution >= 4 is 23.3 Å². The highest BCUT2D eigenvalue weighted by molar-refractivity contribution is 6.32. The maximum Gasteiger partial charge on any atom is 0.338 e. The standard InChI is InChI=1S/C15H14ClNO3/c1-9-5-6-11(16)13(7-9)20-8-10-3-2-4-12(17)14(10)15(18)19/h2-7H,8,17H2,1H3,(H,18,19). The number of hydrogen-bond donors (Lipinski definition) is 2. The highest BCUT2D eigenvalue weighted by atomic mass is 35.5. The molecule has 0 bridgehead atoms. The number of halogens is 1. The third-order valence-electron chi connectivity index (χ3n) is 2.87. The Bertz CT molecular complexity index is 656. The van der Waals surface area contributed by atoms with Gasteiger partial charge in [-0.3, -0.25) is 0 Å². The van der Waals surface area contributed by atoms with E-state index in [1.165, 1.54) is 0 Å². The summed E-state index contributed by atoms with van der Waals surface area (Å²) >= 11 is 6.03. The van der Waals surface area contributed by atoms with E-state index in [1.54, 1.807) is 30.3 Å². The monoisotopic (exact) mass is 291 g/mol. The molecule has 0 radical (unpaired) electrons. The highest BCUT2D eigenvalue weighted by Gasteiger charge is 2.14. The van der Waals surface area contributed by atoms with Gasteiger partial charge in [-0.25, -0.2) is 4.79 Å². The number of carboxylic acids is 1. The number of aryl methyl sites for hydroxylation is 1. The van der Waals surface area contributed by atoms with Crippen molar-refractivity contribution in [2.24, 2.45) is 0 Å². The molecule has 0 unspecified atom stereocenters. The van der Waals surface area contributed by atoms with Crippen molar-refractivity contribution in [3.8, 4) is 5.75 Å². The first-order chi connectivity index (χ1) is 9.49. The van der Waals surface area contributed by atoms with E-state index in [0.29, 0.717) is 16.3 Å². The van der Waals surface area contributed by atoms with Crippen molar-refractivity contribution in [2.45, 2.75) is 13.5 Å². The van der Waals surface area contributed by atoms with Crippen LogP contribution in [0.25, 0.3) is 0 Å². The molecule has 104 valence electrons. The molecular formula is C15H14ClNO3. The molecule has 4 nitrogen and oxygen atoms in total. The van der Waals surface area contributed by atoms with E-state index >= 15 is 0 Å². The average Bonchev–Trinajstić information content (AvgIpc) is 2.39. The molecule has 3 N–H and O–H groups in total. The minimum atomic E-state index is -1.07. The van der Waals surface area contributed by atoms with Gasteiger partial charge < -0.3 is 15.6 Å². The first kappa shape index (κ1) is 14.2. The molecule has 0 saturated carbocycles. The van der Waals surface area contributed by atoms with E-state index in [-0.39, 0.29) is 17.9 Å². The van der Waals surface area contributed by atoms with Gasteiger partial charge in [0, 0.05) is 11.3 Å². The van der Waals surface area contributed by atoms with Crippen LogP contribution in [0, 0.1) is 6.92 Å². The lowest BCUT2D eigenvalue weighted by Gasteiger charge is -2.12. The van der Waals surface area contributed by atoms with Crippen LogP contribution in [-0.4, -0.2) is 11.1 Å². The summed E-state index contributed by atoms with van der Waals surface area (Å²) in [6.45, 7) is 2.02. The van der Waals surface area contributed by atoms with Crippen LogP contribution in [0.3, 0.4) is 0 Å². The summed E-state index contributed by atoms with van der Waals surface area (Å²) in [5.74, 6) is -0.553.